The van der Waals surface area contributed by atoms with Gasteiger partial charge in [0.1, 0.15) is 0 Å². The summed E-state index contributed by atoms with van der Waals surface area (Å²) in [6.07, 6.45) is 0.898. The third kappa shape index (κ3) is 5.95. The Morgan fingerprint density at radius 1 is 1.14 bits per heavy atom. The monoisotopic (exact) mass is 417 g/mol. The summed E-state index contributed by atoms with van der Waals surface area (Å²) in [6, 6.07) is 10.1. The van der Waals surface area contributed by atoms with E-state index in [0.29, 0.717) is 6.54 Å². The van der Waals surface area contributed by atoms with Crippen LogP contribution in [-0.2, 0) is 17.8 Å². The molecule has 1 aliphatic heterocycles. The largest absolute Gasteiger partial charge is 0.493 e. The van der Waals surface area contributed by atoms with Crippen molar-refractivity contribution in [3.8, 4) is 11.5 Å². The second-order valence-electron chi connectivity index (χ2n) is 7.30. The molecule has 2 aromatic rings. The quantitative estimate of drug-likeness (QED) is 0.680. The van der Waals surface area contributed by atoms with Crippen molar-refractivity contribution in [2.75, 3.05) is 46.9 Å². The average molecular weight is 418 g/mol. The molecule has 0 bridgehead atoms. The Morgan fingerprint density at radius 3 is 2.55 bits per heavy atom. The maximum atomic E-state index is 12.5. The van der Waals surface area contributed by atoms with Crippen LogP contribution in [0.25, 0.3) is 0 Å². The fourth-order valence-corrected chi connectivity index (χ4v) is 4.33. The molecule has 3 rings (SSSR count). The third-order valence-corrected chi connectivity index (χ3v) is 6.38. The first-order valence-electron chi connectivity index (χ1n) is 10.1. The Kier molecular flexibility index (Phi) is 7.91. The van der Waals surface area contributed by atoms with Gasteiger partial charge in [-0.05, 0) is 42.5 Å². The van der Waals surface area contributed by atoms with Crippen molar-refractivity contribution in [1.29, 1.82) is 0 Å². The summed E-state index contributed by atoms with van der Waals surface area (Å²) < 4.78 is 10.7. The maximum absolute atomic E-state index is 12.5. The number of hydrogen-bond acceptors (Lipinski definition) is 6. The predicted molar refractivity (Wildman–Crippen MR) is 117 cm³/mol. The summed E-state index contributed by atoms with van der Waals surface area (Å²) >= 11 is 1.73. The van der Waals surface area contributed by atoms with Gasteiger partial charge in [-0.1, -0.05) is 12.1 Å². The van der Waals surface area contributed by atoms with E-state index in [1.807, 2.05) is 25.1 Å². The van der Waals surface area contributed by atoms with Crippen LogP contribution in [0.4, 0.5) is 0 Å². The van der Waals surface area contributed by atoms with Crippen molar-refractivity contribution in [2.24, 2.45) is 0 Å². The Morgan fingerprint density at radius 2 is 1.90 bits per heavy atom. The van der Waals surface area contributed by atoms with Gasteiger partial charge in [-0.2, -0.15) is 0 Å². The van der Waals surface area contributed by atoms with Crippen LogP contribution in [0.15, 0.2) is 35.7 Å². The normalized spacial score (nSPS) is 16.4. The highest BCUT2D eigenvalue weighted by Gasteiger charge is 2.25. The van der Waals surface area contributed by atoms with E-state index in [1.165, 1.54) is 10.4 Å². The number of hydrogen-bond donors (Lipinski definition) is 1. The Hall–Kier alpha value is -2.09. The summed E-state index contributed by atoms with van der Waals surface area (Å²) in [7, 11) is 3.31. The number of benzene rings is 1. The summed E-state index contributed by atoms with van der Waals surface area (Å²) in [5.41, 5.74) is 1.20. The SMILES string of the molecule is COc1ccc(CN2CCN([C@@H](C)C(=O)NCCc3cccs3)CC2)cc1OC. The number of amides is 1. The molecule has 1 N–H and O–H groups in total. The van der Waals surface area contributed by atoms with Gasteiger partial charge in [-0.25, -0.2) is 0 Å². The van der Waals surface area contributed by atoms with Crippen molar-refractivity contribution >= 4 is 17.2 Å². The van der Waals surface area contributed by atoms with Crippen LogP contribution >= 0.6 is 11.3 Å². The number of thiophene rings is 1. The lowest BCUT2D eigenvalue weighted by molar-refractivity contribution is -0.126. The number of methoxy groups -OCH3 is 2. The Balaban J connectivity index is 1.42. The predicted octanol–water partition coefficient (Wildman–Crippen LogP) is 2.63. The van der Waals surface area contributed by atoms with Crippen LogP contribution in [0.5, 0.6) is 11.5 Å². The molecular weight excluding hydrogens is 386 g/mol. The molecule has 1 aliphatic rings. The van der Waals surface area contributed by atoms with Gasteiger partial charge in [0, 0.05) is 44.1 Å². The minimum Gasteiger partial charge on any atom is -0.493 e. The van der Waals surface area contributed by atoms with Gasteiger partial charge in [0.25, 0.3) is 0 Å². The minimum atomic E-state index is -0.0958. The summed E-state index contributed by atoms with van der Waals surface area (Å²) in [4.78, 5) is 18.5. The molecule has 0 radical (unpaired) electrons. The van der Waals surface area contributed by atoms with E-state index >= 15 is 0 Å². The number of nitrogens with one attached hydrogen (secondary N) is 1. The molecule has 6 nitrogen and oxygen atoms in total. The summed E-state index contributed by atoms with van der Waals surface area (Å²) in [6.45, 7) is 7.25. The maximum Gasteiger partial charge on any atom is 0.237 e. The lowest BCUT2D eigenvalue weighted by Crippen LogP contribution is -2.53. The molecule has 1 amide bonds. The molecular formula is C22H31N3O3S. The number of carbonyl (C=O) groups excluding carboxylic acids is 1. The van der Waals surface area contributed by atoms with Crippen molar-refractivity contribution in [3.63, 3.8) is 0 Å². The average Bonchev–Trinajstić information content (AvgIpc) is 3.27. The molecule has 1 atom stereocenters. The molecule has 0 unspecified atom stereocenters. The van der Waals surface area contributed by atoms with E-state index < -0.39 is 0 Å². The van der Waals surface area contributed by atoms with Gasteiger partial charge in [0.15, 0.2) is 11.5 Å². The molecule has 1 aromatic heterocycles. The lowest BCUT2D eigenvalue weighted by atomic mass is 10.1. The number of nitrogens with zero attached hydrogens (tertiary/aromatic N) is 2. The van der Waals surface area contributed by atoms with E-state index in [2.05, 4.69) is 32.6 Å². The van der Waals surface area contributed by atoms with E-state index in [0.717, 1.165) is 50.6 Å². The van der Waals surface area contributed by atoms with Crippen molar-refractivity contribution in [3.05, 3.63) is 46.2 Å². The van der Waals surface area contributed by atoms with Crippen LogP contribution in [0.3, 0.4) is 0 Å². The smallest absolute Gasteiger partial charge is 0.237 e. The highest BCUT2D eigenvalue weighted by molar-refractivity contribution is 7.09. The molecule has 1 fully saturated rings. The molecule has 158 valence electrons. The first-order chi connectivity index (χ1) is 14.1. The van der Waals surface area contributed by atoms with E-state index in [-0.39, 0.29) is 11.9 Å². The fraction of sp³-hybridized carbons (Fsp3) is 0.500. The zero-order valence-electron chi connectivity index (χ0n) is 17.5. The van der Waals surface area contributed by atoms with Gasteiger partial charge < -0.3 is 14.8 Å². The topological polar surface area (TPSA) is 54.0 Å². The third-order valence-electron chi connectivity index (χ3n) is 5.44. The van der Waals surface area contributed by atoms with Gasteiger partial charge in [0.2, 0.25) is 5.91 Å². The fourth-order valence-electron chi connectivity index (χ4n) is 3.62. The Labute approximate surface area is 177 Å². The molecule has 1 aromatic carbocycles. The Bertz CT molecular complexity index is 774. The molecule has 2 heterocycles. The van der Waals surface area contributed by atoms with Crippen molar-refractivity contribution in [2.45, 2.75) is 25.9 Å². The van der Waals surface area contributed by atoms with Crippen molar-refractivity contribution in [1.82, 2.24) is 15.1 Å². The van der Waals surface area contributed by atoms with Crippen LogP contribution in [0.2, 0.25) is 0 Å². The molecule has 7 heteroatoms. The van der Waals surface area contributed by atoms with Crippen LogP contribution in [-0.4, -0.2) is 68.7 Å². The van der Waals surface area contributed by atoms with Crippen LogP contribution < -0.4 is 14.8 Å². The molecule has 29 heavy (non-hydrogen) atoms. The van der Waals surface area contributed by atoms with E-state index in [9.17, 15) is 4.79 Å². The van der Waals surface area contributed by atoms with Crippen LogP contribution in [0.1, 0.15) is 17.4 Å². The summed E-state index contributed by atoms with van der Waals surface area (Å²) in [5.74, 6) is 1.63. The lowest BCUT2D eigenvalue weighted by Gasteiger charge is -2.37. The molecule has 0 aliphatic carbocycles. The first kappa shape index (κ1) is 21.6. The standard InChI is InChI=1S/C22H31N3O3S/c1-17(22(26)23-9-8-19-5-4-14-29-19)25-12-10-24(11-13-25)16-18-6-7-20(27-2)21(15-18)28-3/h4-7,14-15,17H,8-13,16H2,1-3H3,(H,23,26)/t17-/m0/s1. The molecule has 0 spiro atoms. The number of rotatable bonds is 9. The van der Waals surface area contributed by atoms with Gasteiger partial charge >= 0.3 is 0 Å². The molecule has 1 saturated heterocycles. The highest BCUT2D eigenvalue weighted by Crippen LogP contribution is 2.28. The minimum absolute atomic E-state index is 0.0958. The first-order valence-corrected chi connectivity index (χ1v) is 11.0. The van der Waals surface area contributed by atoms with Gasteiger partial charge in [-0.3, -0.25) is 14.6 Å². The number of ether oxygens (including phenoxy) is 2. The molecule has 0 saturated carbocycles. The second-order valence-corrected chi connectivity index (χ2v) is 8.33. The zero-order chi connectivity index (χ0) is 20.6. The van der Waals surface area contributed by atoms with Gasteiger partial charge in [0.05, 0.1) is 20.3 Å². The summed E-state index contributed by atoms with van der Waals surface area (Å²) in [5, 5.41) is 5.15. The van der Waals surface area contributed by atoms with Crippen molar-refractivity contribution < 1.29 is 14.3 Å². The number of piperazine rings is 1. The van der Waals surface area contributed by atoms with Gasteiger partial charge in [-0.15, -0.1) is 11.3 Å². The van der Waals surface area contributed by atoms with E-state index in [4.69, 9.17) is 9.47 Å². The number of carbonyl (C=O) groups is 1. The highest BCUT2D eigenvalue weighted by atomic mass is 32.1. The van der Waals surface area contributed by atoms with Crippen LogP contribution in [0, 0.1) is 0 Å². The zero-order valence-corrected chi connectivity index (χ0v) is 18.3. The second kappa shape index (κ2) is 10.6. The van der Waals surface area contributed by atoms with E-state index in [1.54, 1.807) is 25.6 Å².